The molecule has 0 unspecified atom stereocenters. The van der Waals surface area contributed by atoms with Crippen LogP contribution in [0.1, 0.15) is 11.1 Å². The molecule has 1 aromatic rings. The van der Waals surface area contributed by atoms with Gasteiger partial charge < -0.3 is 10.0 Å². The number of phenolic OH excluding ortho intramolecular Hbond substituents is 1. The molecule has 0 aromatic heterocycles. The molecule has 0 radical (unpaired) electrons. The first-order valence-corrected chi connectivity index (χ1v) is 4.24. The average Bonchev–Trinajstić information content (AvgIpc) is 2.10. The molecule has 0 saturated carbocycles. The lowest BCUT2D eigenvalue weighted by Crippen LogP contribution is -2.12. The Hall–Kier alpha value is -1.16. The molecule has 0 aliphatic rings. The van der Waals surface area contributed by atoms with Crippen molar-refractivity contribution in [3.63, 3.8) is 0 Å². The highest BCUT2D eigenvalue weighted by Gasteiger charge is 2.14. The summed E-state index contributed by atoms with van der Waals surface area (Å²) in [5.74, 6) is -2.78. The highest BCUT2D eigenvalue weighted by Crippen LogP contribution is 2.26. The van der Waals surface area contributed by atoms with Gasteiger partial charge in [-0.2, -0.15) is 4.39 Å². The first kappa shape index (κ1) is 10.9. The summed E-state index contributed by atoms with van der Waals surface area (Å²) in [6, 6.07) is 1.12. The van der Waals surface area contributed by atoms with Crippen molar-refractivity contribution in [1.29, 1.82) is 0 Å². The van der Waals surface area contributed by atoms with E-state index in [4.69, 9.17) is 0 Å². The van der Waals surface area contributed by atoms with Crippen molar-refractivity contribution >= 4 is 0 Å². The van der Waals surface area contributed by atoms with Gasteiger partial charge in [0.15, 0.2) is 11.6 Å². The number of rotatable bonds is 2. The molecule has 0 aliphatic carbocycles. The minimum absolute atomic E-state index is 0.387. The molecule has 0 atom stereocenters. The zero-order valence-electron chi connectivity index (χ0n) is 8.43. The van der Waals surface area contributed by atoms with Crippen molar-refractivity contribution in [2.45, 2.75) is 13.5 Å². The number of phenols is 1. The van der Waals surface area contributed by atoms with Gasteiger partial charge in [-0.25, -0.2) is 4.39 Å². The maximum absolute atomic E-state index is 12.9. The van der Waals surface area contributed by atoms with Crippen molar-refractivity contribution in [1.82, 2.24) is 4.90 Å². The van der Waals surface area contributed by atoms with Crippen LogP contribution in [-0.4, -0.2) is 24.1 Å². The van der Waals surface area contributed by atoms with E-state index in [0.717, 1.165) is 6.07 Å². The third kappa shape index (κ3) is 2.01. The summed E-state index contributed by atoms with van der Waals surface area (Å²) in [5, 5.41) is 9.25. The van der Waals surface area contributed by atoms with E-state index in [0.29, 0.717) is 17.7 Å². The average molecular weight is 201 g/mol. The molecule has 0 heterocycles. The molecule has 14 heavy (non-hydrogen) atoms. The quantitative estimate of drug-likeness (QED) is 0.791. The Morgan fingerprint density at radius 1 is 1.36 bits per heavy atom. The van der Waals surface area contributed by atoms with Crippen molar-refractivity contribution < 1.29 is 13.9 Å². The van der Waals surface area contributed by atoms with Gasteiger partial charge in [0.2, 0.25) is 5.82 Å². The van der Waals surface area contributed by atoms with Crippen LogP contribution in [0.3, 0.4) is 0 Å². The van der Waals surface area contributed by atoms with Gasteiger partial charge in [-0.1, -0.05) is 0 Å². The minimum Gasteiger partial charge on any atom is -0.505 e. The standard InChI is InChI=1S/C10H13F2NO/c1-6-7(5-13(2)3)4-8(11)9(12)10(6)14/h4,14H,5H2,1-3H3. The summed E-state index contributed by atoms with van der Waals surface area (Å²) in [4.78, 5) is 1.82. The molecule has 1 rings (SSSR count). The number of halogens is 2. The second kappa shape index (κ2) is 3.92. The van der Waals surface area contributed by atoms with Crippen LogP contribution in [0.25, 0.3) is 0 Å². The zero-order chi connectivity index (χ0) is 10.9. The molecule has 0 fully saturated rings. The Kier molecular flexibility index (Phi) is 3.06. The van der Waals surface area contributed by atoms with Crippen LogP contribution >= 0.6 is 0 Å². The second-order valence-corrected chi connectivity index (χ2v) is 3.54. The van der Waals surface area contributed by atoms with E-state index in [9.17, 15) is 13.9 Å². The monoisotopic (exact) mass is 201 g/mol. The zero-order valence-corrected chi connectivity index (χ0v) is 8.43. The molecule has 2 nitrogen and oxygen atoms in total. The largest absolute Gasteiger partial charge is 0.505 e. The molecule has 78 valence electrons. The van der Waals surface area contributed by atoms with Crippen molar-refractivity contribution in [3.05, 3.63) is 28.8 Å². The molecule has 0 bridgehead atoms. The Morgan fingerprint density at radius 3 is 2.43 bits per heavy atom. The third-order valence-electron chi connectivity index (χ3n) is 2.04. The fraction of sp³-hybridized carbons (Fsp3) is 0.400. The number of benzene rings is 1. The fourth-order valence-electron chi connectivity index (χ4n) is 1.26. The van der Waals surface area contributed by atoms with Gasteiger partial charge >= 0.3 is 0 Å². The Bertz CT molecular complexity index is 350. The Balaban J connectivity index is 3.19. The number of nitrogens with zero attached hydrogens (tertiary/aromatic N) is 1. The van der Waals surface area contributed by atoms with Crippen LogP contribution in [-0.2, 0) is 6.54 Å². The second-order valence-electron chi connectivity index (χ2n) is 3.54. The summed E-state index contributed by atoms with van der Waals surface area (Å²) in [6.07, 6.45) is 0. The number of hydrogen-bond acceptors (Lipinski definition) is 2. The van der Waals surface area contributed by atoms with Crippen molar-refractivity contribution in [2.24, 2.45) is 0 Å². The summed E-state index contributed by atoms with van der Waals surface area (Å²) in [5.41, 5.74) is 0.976. The highest BCUT2D eigenvalue weighted by atomic mass is 19.2. The molecule has 0 amide bonds. The topological polar surface area (TPSA) is 23.5 Å². The predicted molar refractivity (Wildman–Crippen MR) is 50.2 cm³/mol. The van der Waals surface area contributed by atoms with Gasteiger partial charge in [0.25, 0.3) is 0 Å². The van der Waals surface area contributed by atoms with Crippen LogP contribution < -0.4 is 0 Å². The molecular formula is C10H13F2NO. The number of aromatic hydroxyl groups is 1. The normalized spacial score (nSPS) is 11.0. The van der Waals surface area contributed by atoms with E-state index in [2.05, 4.69) is 0 Å². The van der Waals surface area contributed by atoms with Gasteiger partial charge in [-0.3, -0.25) is 0 Å². The van der Waals surface area contributed by atoms with E-state index in [1.54, 1.807) is 6.92 Å². The van der Waals surface area contributed by atoms with Crippen LogP contribution in [0.4, 0.5) is 8.78 Å². The molecule has 0 spiro atoms. The van der Waals surface area contributed by atoms with Gasteiger partial charge in [-0.15, -0.1) is 0 Å². The van der Waals surface area contributed by atoms with Crippen LogP contribution in [0.2, 0.25) is 0 Å². The summed E-state index contributed by atoms with van der Waals surface area (Å²) >= 11 is 0. The van der Waals surface area contributed by atoms with Crippen molar-refractivity contribution in [2.75, 3.05) is 14.1 Å². The third-order valence-corrected chi connectivity index (χ3v) is 2.04. The van der Waals surface area contributed by atoms with Gasteiger partial charge in [-0.05, 0) is 38.2 Å². The molecule has 0 aliphatic heterocycles. The lowest BCUT2D eigenvalue weighted by Gasteiger charge is -2.13. The lowest BCUT2D eigenvalue weighted by molar-refractivity contribution is 0.382. The maximum Gasteiger partial charge on any atom is 0.200 e. The van der Waals surface area contributed by atoms with E-state index in [1.165, 1.54) is 0 Å². The first-order valence-electron chi connectivity index (χ1n) is 4.24. The van der Waals surface area contributed by atoms with Crippen molar-refractivity contribution in [3.8, 4) is 5.75 Å². The summed E-state index contributed by atoms with van der Waals surface area (Å²) in [7, 11) is 3.63. The van der Waals surface area contributed by atoms with Gasteiger partial charge in [0.05, 0.1) is 0 Å². The molecule has 4 heteroatoms. The molecule has 1 N–H and O–H groups in total. The predicted octanol–water partition coefficient (Wildman–Crippen LogP) is 2.04. The van der Waals surface area contributed by atoms with Gasteiger partial charge in [0, 0.05) is 6.54 Å². The van der Waals surface area contributed by atoms with E-state index in [1.807, 2.05) is 19.0 Å². The van der Waals surface area contributed by atoms with Crippen LogP contribution in [0.5, 0.6) is 5.75 Å². The summed E-state index contributed by atoms with van der Waals surface area (Å²) < 4.78 is 25.8. The van der Waals surface area contributed by atoms with E-state index >= 15 is 0 Å². The number of hydrogen-bond donors (Lipinski definition) is 1. The SMILES string of the molecule is Cc1c(CN(C)C)cc(F)c(F)c1O. The minimum atomic E-state index is -1.18. The van der Waals surface area contributed by atoms with Gasteiger partial charge in [0.1, 0.15) is 0 Å². The Labute approximate surface area is 81.8 Å². The fourth-order valence-corrected chi connectivity index (χ4v) is 1.26. The van der Waals surface area contributed by atoms with Crippen LogP contribution in [0, 0.1) is 18.6 Å². The molecule has 0 saturated heterocycles. The van der Waals surface area contributed by atoms with E-state index in [-0.39, 0.29) is 0 Å². The first-order chi connectivity index (χ1) is 6.43. The van der Waals surface area contributed by atoms with E-state index < -0.39 is 17.4 Å². The molecule has 1 aromatic carbocycles. The maximum atomic E-state index is 12.9. The molecular weight excluding hydrogens is 188 g/mol. The van der Waals surface area contributed by atoms with Crippen LogP contribution in [0.15, 0.2) is 6.07 Å². The smallest absolute Gasteiger partial charge is 0.200 e. The summed E-state index contributed by atoms with van der Waals surface area (Å²) in [6.45, 7) is 2.04. The highest BCUT2D eigenvalue weighted by molar-refractivity contribution is 5.40. The lowest BCUT2D eigenvalue weighted by atomic mass is 10.1. The Morgan fingerprint density at radius 2 is 1.93 bits per heavy atom.